The second kappa shape index (κ2) is 4.01. The van der Waals surface area contributed by atoms with Crippen LogP contribution in [0.1, 0.15) is 12.8 Å². The van der Waals surface area contributed by atoms with Gasteiger partial charge in [0.15, 0.2) is 9.84 Å². The number of rotatable bonds is 3. The predicted octanol–water partition coefficient (Wildman–Crippen LogP) is -1.08. The first kappa shape index (κ1) is 12.3. The second-order valence-corrected chi connectivity index (χ2v) is 5.58. The number of aliphatic carboxylic acids is 1. The summed E-state index contributed by atoms with van der Waals surface area (Å²) in [7, 11) is -3.18. The molecule has 1 saturated heterocycles. The van der Waals surface area contributed by atoms with E-state index < -0.39 is 28.0 Å². The maximum Gasteiger partial charge on any atom is 0.397 e. The molecule has 15 heavy (non-hydrogen) atoms. The number of hydrogen-bond acceptors (Lipinski definition) is 5. The van der Waals surface area contributed by atoms with Crippen molar-refractivity contribution in [2.75, 3.05) is 11.5 Å². The molecule has 0 aliphatic carbocycles. The van der Waals surface area contributed by atoms with E-state index in [2.05, 4.69) is 4.74 Å². The highest BCUT2D eigenvalue weighted by Gasteiger charge is 2.37. The van der Waals surface area contributed by atoms with E-state index in [0.29, 0.717) is 0 Å². The molecule has 1 aliphatic heterocycles. The zero-order valence-electron chi connectivity index (χ0n) is 7.61. The number of hydrogen-bond donors (Lipinski definition) is 0. The van der Waals surface area contributed by atoms with E-state index in [-0.39, 0.29) is 24.3 Å². The zero-order valence-corrected chi connectivity index (χ0v) is 8.43. The third kappa shape index (κ3) is 3.38. The van der Waals surface area contributed by atoms with Gasteiger partial charge < -0.3 is 14.6 Å². The Kier molecular flexibility index (Phi) is 3.29. The molecule has 0 saturated carbocycles. The maximum absolute atomic E-state index is 12.5. The van der Waals surface area contributed by atoms with E-state index in [1.165, 1.54) is 0 Å². The topological polar surface area (TPSA) is 83.5 Å². The first-order chi connectivity index (χ1) is 6.73. The molecule has 0 aromatic carbocycles. The molecule has 0 spiro atoms. The van der Waals surface area contributed by atoms with Crippen LogP contribution >= 0.6 is 0 Å². The van der Waals surface area contributed by atoms with Crippen LogP contribution in [0.25, 0.3) is 0 Å². The summed E-state index contributed by atoms with van der Waals surface area (Å²) < 4.78 is 50.8. The fourth-order valence-electron chi connectivity index (χ4n) is 1.24. The number of carbonyl (C=O) groups excluding carboxylic acids is 1. The van der Waals surface area contributed by atoms with Crippen molar-refractivity contribution in [2.24, 2.45) is 0 Å². The van der Waals surface area contributed by atoms with Crippen LogP contribution < -0.4 is 5.11 Å². The molecule has 0 radical (unpaired) electrons. The average molecular weight is 243 g/mol. The van der Waals surface area contributed by atoms with Gasteiger partial charge in [-0.15, -0.1) is 0 Å². The zero-order chi connectivity index (χ0) is 11.7. The van der Waals surface area contributed by atoms with Gasteiger partial charge in [-0.05, 0) is 12.8 Å². The first-order valence-electron chi connectivity index (χ1n) is 4.20. The summed E-state index contributed by atoms with van der Waals surface area (Å²) in [5, 5.41) is 9.92. The molecule has 1 fully saturated rings. The van der Waals surface area contributed by atoms with E-state index >= 15 is 0 Å². The highest BCUT2D eigenvalue weighted by Crippen LogP contribution is 2.23. The molecule has 1 heterocycles. The molecule has 0 bridgehead atoms. The molecule has 1 aliphatic rings. The van der Waals surface area contributed by atoms with E-state index in [1.54, 1.807) is 0 Å². The largest absolute Gasteiger partial charge is 0.542 e. The molecule has 0 unspecified atom stereocenters. The minimum atomic E-state index is -4.36. The van der Waals surface area contributed by atoms with Crippen molar-refractivity contribution in [3.05, 3.63) is 0 Å². The summed E-state index contributed by atoms with van der Waals surface area (Å²) in [6.07, 6.45) is -5.65. The lowest BCUT2D eigenvalue weighted by atomic mass is 10.2. The number of carboxylic acid groups (broad SMARTS) is 1. The third-order valence-electron chi connectivity index (χ3n) is 2.05. The van der Waals surface area contributed by atoms with Crippen LogP contribution in [0.2, 0.25) is 0 Å². The molecular formula is C7H9F2O5S-. The molecule has 1 rings (SSSR count). The Hall–Kier alpha value is -0.760. The third-order valence-corrected chi connectivity index (χ3v) is 3.77. The lowest BCUT2D eigenvalue weighted by molar-refractivity contribution is -0.368. The van der Waals surface area contributed by atoms with Gasteiger partial charge in [-0.1, -0.05) is 0 Å². The van der Waals surface area contributed by atoms with Gasteiger partial charge in [-0.3, -0.25) is 0 Å². The molecule has 0 atom stereocenters. The fraction of sp³-hybridized carbons (Fsp3) is 0.857. The summed E-state index contributed by atoms with van der Waals surface area (Å²) >= 11 is 0. The van der Waals surface area contributed by atoms with Gasteiger partial charge >= 0.3 is 6.11 Å². The molecular weight excluding hydrogens is 234 g/mol. The Morgan fingerprint density at radius 3 is 2.20 bits per heavy atom. The fourth-order valence-corrected chi connectivity index (χ4v) is 2.69. The van der Waals surface area contributed by atoms with Crippen molar-refractivity contribution in [3.8, 4) is 0 Å². The van der Waals surface area contributed by atoms with Gasteiger partial charge in [0.25, 0.3) is 0 Å². The van der Waals surface area contributed by atoms with Crippen LogP contribution in [0.5, 0.6) is 0 Å². The highest BCUT2D eigenvalue weighted by molar-refractivity contribution is 7.91. The molecule has 5 nitrogen and oxygen atoms in total. The number of halogens is 2. The van der Waals surface area contributed by atoms with Crippen molar-refractivity contribution in [2.45, 2.75) is 25.1 Å². The van der Waals surface area contributed by atoms with Gasteiger partial charge in [0.05, 0.1) is 17.6 Å². The Labute approximate surface area is 84.9 Å². The number of ether oxygens (including phenoxy) is 1. The molecule has 0 aromatic heterocycles. The Morgan fingerprint density at radius 2 is 1.80 bits per heavy atom. The van der Waals surface area contributed by atoms with E-state index in [4.69, 9.17) is 0 Å². The SMILES string of the molecule is O=C([O-])C(F)(F)OC1CCS(=O)(=O)CC1. The van der Waals surface area contributed by atoms with Crippen LogP contribution in [0, 0.1) is 0 Å². The Balaban J connectivity index is 2.53. The minimum Gasteiger partial charge on any atom is -0.542 e. The summed E-state index contributed by atoms with van der Waals surface area (Å²) in [5.41, 5.74) is 0. The van der Waals surface area contributed by atoms with Crippen LogP contribution in [0.3, 0.4) is 0 Å². The monoisotopic (exact) mass is 243 g/mol. The van der Waals surface area contributed by atoms with Gasteiger partial charge in [0, 0.05) is 0 Å². The summed E-state index contributed by atoms with van der Waals surface area (Å²) in [4.78, 5) is 9.92. The standard InChI is InChI=1S/C7H10F2O5S/c8-7(9,6(10)11)14-5-1-3-15(12,13)4-2-5/h5H,1-4H2,(H,10,11)/p-1. The lowest BCUT2D eigenvalue weighted by Gasteiger charge is -2.27. The van der Waals surface area contributed by atoms with Crippen LogP contribution in [0.4, 0.5) is 8.78 Å². The Bertz CT molecular complexity index is 336. The van der Waals surface area contributed by atoms with Crippen molar-refractivity contribution < 1.29 is 31.8 Å². The normalized spacial score (nSPS) is 22.5. The number of carbonyl (C=O) groups is 1. The number of sulfone groups is 1. The number of carboxylic acids is 1. The molecule has 0 aromatic rings. The minimum absolute atomic E-state index is 0.120. The second-order valence-electron chi connectivity index (χ2n) is 3.27. The van der Waals surface area contributed by atoms with E-state index in [1.807, 2.05) is 0 Å². The first-order valence-corrected chi connectivity index (χ1v) is 6.02. The van der Waals surface area contributed by atoms with Crippen LogP contribution in [-0.2, 0) is 19.4 Å². The van der Waals surface area contributed by atoms with Gasteiger partial charge in [-0.25, -0.2) is 8.42 Å². The number of alkyl halides is 2. The molecule has 8 heteroatoms. The van der Waals surface area contributed by atoms with Crippen molar-refractivity contribution in [3.63, 3.8) is 0 Å². The summed E-state index contributed by atoms with van der Waals surface area (Å²) in [6.45, 7) is 0. The lowest BCUT2D eigenvalue weighted by Crippen LogP contribution is -2.46. The van der Waals surface area contributed by atoms with E-state index in [9.17, 15) is 27.1 Å². The quantitative estimate of drug-likeness (QED) is 0.629. The van der Waals surface area contributed by atoms with Crippen LogP contribution in [-0.4, -0.2) is 38.1 Å². The van der Waals surface area contributed by atoms with Crippen molar-refractivity contribution >= 4 is 15.8 Å². The van der Waals surface area contributed by atoms with Crippen LogP contribution in [0.15, 0.2) is 0 Å². The van der Waals surface area contributed by atoms with Gasteiger partial charge in [0.1, 0.15) is 5.97 Å². The highest BCUT2D eigenvalue weighted by atomic mass is 32.2. The van der Waals surface area contributed by atoms with Crippen molar-refractivity contribution in [1.29, 1.82) is 0 Å². The molecule has 88 valence electrons. The van der Waals surface area contributed by atoms with Crippen molar-refractivity contribution in [1.82, 2.24) is 0 Å². The van der Waals surface area contributed by atoms with Gasteiger partial charge in [-0.2, -0.15) is 8.78 Å². The molecule has 0 N–H and O–H groups in total. The molecule has 0 amide bonds. The van der Waals surface area contributed by atoms with E-state index in [0.717, 1.165) is 0 Å². The smallest absolute Gasteiger partial charge is 0.397 e. The summed E-state index contributed by atoms with van der Waals surface area (Å²) in [6, 6.07) is 0. The average Bonchev–Trinajstić information content (AvgIpc) is 2.08. The Morgan fingerprint density at radius 1 is 1.33 bits per heavy atom. The van der Waals surface area contributed by atoms with Gasteiger partial charge in [0.2, 0.25) is 0 Å². The maximum atomic E-state index is 12.5. The summed E-state index contributed by atoms with van der Waals surface area (Å²) in [5.74, 6) is -3.14. The predicted molar refractivity (Wildman–Crippen MR) is 42.7 cm³/mol.